The lowest BCUT2D eigenvalue weighted by Gasteiger charge is -2.17. The van der Waals surface area contributed by atoms with Crippen molar-refractivity contribution in [2.75, 3.05) is 0 Å². The third kappa shape index (κ3) is 3.36. The normalized spacial score (nSPS) is 11.2. The summed E-state index contributed by atoms with van der Waals surface area (Å²) in [5.74, 6) is 1.20. The van der Waals surface area contributed by atoms with Crippen LogP contribution >= 0.6 is 0 Å². The van der Waals surface area contributed by atoms with Gasteiger partial charge in [-0.15, -0.1) is 6.58 Å². The van der Waals surface area contributed by atoms with E-state index in [1.165, 1.54) is 5.56 Å². The molecule has 0 aliphatic rings. The van der Waals surface area contributed by atoms with Gasteiger partial charge in [-0.3, -0.25) is 0 Å². The van der Waals surface area contributed by atoms with Gasteiger partial charge in [-0.25, -0.2) is 0 Å². The average Bonchev–Trinajstić information content (AvgIpc) is 2.26. The highest BCUT2D eigenvalue weighted by Gasteiger charge is 2.14. The topological polar surface area (TPSA) is 20.2 Å². The highest BCUT2D eigenvalue weighted by molar-refractivity contribution is 5.46. The largest absolute Gasteiger partial charge is 0.507 e. The molecule has 0 fully saturated rings. The van der Waals surface area contributed by atoms with Gasteiger partial charge in [0.1, 0.15) is 5.75 Å². The van der Waals surface area contributed by atoms with Gasteiger partial charge < -0.3 is 5.11 Å². The zero-order valence-corrected chi connectivity index (χ0v) is 11.5. The van der Waals surface area contributed by atoms with E-state index >= 15 is 0 Å². The van der Waals surface area contributed by atoms with Crippen LogP contribution in [0.2, 0.25) is 0 Å². The van der Waals surface area contributed by atoms with Crippen LogP contribution in [0.3, 0.4) is 0 Å². The number of phenolic OH excluding ortho intramolecular Hbond substituents is 1. The molecule has 0 amide bonds. The molecule has 0 unspecified atom stereocenters. The number of hydrogen-bond acceptors (Lipinski definition) is 1. The molecule has 1 nitrogen and oxygen atoms in total. The smallest absolute Gasteiger partial charge is 0.122 e. The zero-order chi connectivity index (χ0) is 13.0. The predicted molar refractivity (Wildman–Crippen MR) is 74.8 cm³/mol. The van der Waals surface area contributed by atoms with E-state index in [1.54, 1.807) is 0 Å². The second-order valence-corrected chi connectivity index (χ2v) is 5.26. The first-order valence-corrected chi connectivity index (χ1v) is 6.44. The van der Waals surface area contributed by atoms with Gasteiger partial charge in [0.05, 0.1) is 0 Å². The number of allylic oxidation sites excluding steroid dienone is 1. The molecule has 0 atom stereocenters. The molecule has 1 aromatic rings. The Balaban J connectivity index is 3.21. The molecule has 1 aromatic carbocycles. The van der Waals surface area contributed by atoms with Gasteiger partial charge in [-0.1, -0.05) is 45.9 Å². The Kier molecular flexibility index (Phi) is 4.80. The molecule has 0 saturated heterocycles. The summed E-state index contributed by atoms with van der Waals surface area (Å²) >= 11 is 0. The zero-order valence-electron chi connectivity index (χ0n) is 11.5. The maximum absolute atomic E-state index is 10.3. The summed E-state index contributed by atoms with van der Waals surface area (Å²) in [6, 6.07) is 4.27. The van der Waals surface area contributed by atoms with Crippen molar-refractivity contribution in [1.82, 2.24) is 0 Å². The average molecular weight is 232 g/mol. The number of phenols is 1. The van der Waals surface area contributed by atoms with Crippen LogP contribution in [-0.4, -0.2) is 5.11 Å². The van der Waals surface area contributed by atoms with Gasteiger partial charge in [-0.05, 0) is 41.4 Å². The molecule has 0 aliphatic heterocycles. The lowest BCUT2D eigenvalue weighted by Crippen LogP contribution is -1.98. The SMILES string of the molecule is C=CCCc1cc(C(C)C)c(O)c(C(C)C)c1. The van der Waals surface area contributed by atoms with Crippen molar-refractivity contribution in [1.29, 1.82) is 0 Å². The van der Waals surface area contributed by atoms with Crippen molar-refractivity contribution in [3.8, 4) is 5.75 Å². The molecule has 1 N–H and O–H groups in total. The molecule has 0 aromatic heterocycles. The number of rotatable bonds is 5. The maximum Gasteiger partial charge on any atom is 0.122 e. The Labute approximate surface area is 105 Å². The second kappa shape index (κ2) is 5.90. The molecule has 0 saturated carbocycles. The fourth-order valence-corrected chi connectivity index (χ4v) is 2.04. The van der Waals surface area contributed by atoms with Gasteiger partial charge >= 0.3 is 0 Å². The van der Waals surface area contributed by atoms with Gasteiger partial charge in [0.25, 0.3) is 0 Å². The summed E-state index contributed by atoms with van der Waals surface area (Å²) in [6.45, 7) is 12.2. The molecule has 0 aliphatic carbocycles. The van der Waals surface area contributed by atoms with Crippen LogP contribution in [0.1, 0.15) is 62.6 Å². The maximum atomic E-state index is 10.3. The highest BCUT2D eigenvalue weighted by atomic mass is 16.3. The quantitative estimate of drug-likeness (QED) is 0.726. The van der Waals surface area contributed by atoms with E-state index in [-0.39, 0.29) is 0 Å². The van der Waals surface area contributed by atoms with Crippen LogP contribution in [0.5, 0.6) is 5.75 Å². The van der Waals surface area contributed by atoms with E-state index < -0.39 is 0 Å². The van der Waals surface area contributed by atoms with Gasteiger partial charge in [0.15, 0.2) is 0 Å². The lowest BCUT2D eigenvalue weighted by molar-refractivity contribution is 0.454. The van der Waals surface area contributed by atoms with Gasteiger partial charge in [0, 0.05) is 0 Å². The Hall–Kier alpha value is -1.24. The summed E-state index contributed by atoms with van der Waals surface area (Å²) in [7, 11) is 0. The first-order chi connectivity index (χ1) is 7.97. The van der Waals surface area contributed by atoms with Gasteiger partial charge in [-0.2, -0.15) is 0 Å². The van der Waals surface area contributed by atoms with E-state index in [4.69, 9.17) is 0 Å². The van der Waals surface area contributed by atoms with E-state index in [1.807, 2.05) is 6.08 Å². The second-order valence-electron chi connectivity index (χ2n) is 5.26. The number of aromatic hydroxyl groups is 1. The molecule has 17 heavy (non-hydrogen) atoms. The summed E-state index contributed by atoms with van der Waals surface area (Å²) in [4.78, 5) is 0. The van der Waals surface area contributed by atoms with Crippen molar-refractivity contribution >= 4 is 0 Å². The highest BCUT2D eigenvalue weighted by Crippen LogP contribution is 2.35. The lowest BCUT2D eigenvalue weighted by atomic mass is 9.90. The number of benzene rings is 1. The minimum Gasteiger partial charge on any atom is -0.507 e. The van der Waals surface area contributed by atoms with Crippen molar-refractivity contribution < 1.29 is 5.11 Å². The third-order valence-corrected chi connectivity index (χ3v) is 3.11. The molecule has 0 bridgehead atoms. The van der Waals surface area contributed by atoms with Crippen LogP contribution in [-0.2, 0) is 6.42 Å². The van der Waals surface area contributed by atoms with Crippen molar-refractivity contribution in [3.63, 3.8) is 0 Å². The standard InChI is InChI=1S/C16H24O/c1-6-7-8-13-9-14(11(2)3)16(17)15(10-13)12(4)5/h6,9-12,17H,1,7-8H2,2-5H3. The molecule has 0 radical (unpaired) electrons. The monoisotopic (exact) mass is 232 g/mol. The summed E-state index contributed by atoms with van der Waals surface area (Å²) in [5.41, 5.74) is 3.43. The van der Waals surface area contributed by atoms with Crippen LogP contribution in [0, 0.1) is 0 Å². The van der Waals surface area contributed by atoms with Crippen LogP contribution in [0.15, 0.2) is 24.8 Å². The minimum atomic E-state index is 0.358. The van der Waals surface area contributed by atoms with E-state index in [0.717, 1.165) is 24.0 Å². The summed E-state index contributed by atoms with van der Waals surface area (Å²) in [6.07, 6.45) is 3.93. The van der Waals surface area contributed by atoms with Crippen molar-refractivity contribution in [2.45, 2.75) is 52.4 Å². The van der Waals surface area contributed by atoms with Crippen molar-refractivity contribution in [3.05, 3.63) is 41.5 Å². The van der Waals surface area contributed by atoms with E-state index in [0.29, 0.717) is 17.6 Å². The van der Waals surface area contributed by atoms with E-state index in [9.17, 15) is 5.11 Å². The predicted octanol–water partition coefficient (Wildman–Crippen LogP) is 4.76. The van der Waals surface area contributed by atoms with Crippen molar-refractivity contribution in [2.24, 2.45) is 0 Å². The Morgan fingerprint density at radius 1 is 1.12 bits per heavy atom. The molecule has 0 heterocycles. The van der Waals surface area contributed by atoms with Crippen LogP contribution < -0.4 is 0 Å². The molecular weight excluding hydrogens is 208 g/mol. The number of hydrogen-bond donors (Lipinski definition) is 1. The first-order valence-electron chi connectivity index (χ1n) is 6.44. The Morgan fingerprint density at radius 2 is 1.59 bits per heavy atom. The summed E-state index contributed by atoms with van der Waals surface area (Å²) < 4.78 is 0. The summed E-state index contributed by atoms with van der Waals surface area (Å²) in [5, 5.41) is 10.3. The Bertz CT molecular complexity index is 360. The Morgan fingerprint density at radius 3 is 1.94 bits per heavy atom. The van der Waals surface area contributed by atoms with Crippen LogP contribution in [0.25, 0.3) is 0 Å². The molecule has 0 spiro atoms. The molecular formula is C16H24O. The van der Waals surface area contributed by atoms with E-state index in [2.05, 4.69) is 46.4 Å². The molecule has 94 valence electrons. The number of aryl methyl sites for hydroxylation is 1. The molecule has 1 rings (SSSR count). The van der Waals surface area contributed by atoms with Crippen LogP contribution in [0.4, 0.5) is 0 Å². The van der Waals surface area contributed by atoms with Gasteiger partial charge in [0.2, 0.25) is 0 Å². The third-order valence-electron chi connectivity index (χ3n) is 3.11. The molecule has 1 heteroatoms. The first kappa shape index (κ1) is 13.8. The fraction of sp³-hybridized carbons (Fsp3) is 0.500. The minimum absolute atomic E-state index is 0.358. The fourth-order valence-electron chi connectivity index (χ4n) is 2.04.